The maximum Gasteiger partial charge on any atom is 0.376 e. The normalized spacial score (nSPS) is 10.8. The van der Waals surface area contributed by atoms with Gasteiger partial charge in [0.15, 0.2) is 0 Å². The van der Waals surface area contributed by atoms with Gasteiger partial charge in [-0.25, -0.2) is 4.98 Å². The number of aromatic nitrogens is 2. The summed E-state index contributed by atoms with van der Waals surface area (Å²) in [5.41, 5.74) is -0.367. The summed E-state index contributed by atoms with van der Waals surface area (Å²) >= 11 is 0. The number of aromatic hydroxyl groups is 1. The summed E-state index contributed by atoms with van der Waals surface area (Å²) in [7, 11) is 0. The van der Waals surface area contributed by atoms with E-state index >= 15 is 0 Å². The summed E-state index contributed by atoms with van der Waals surface area (Å²) in [4.78, 5) is 29.5. The molecule has 1 aromatic carbocycles. The number of phenolic OH excluding ortho intramolecular Hbond substituents is 1. The third-order valence-corrected chi connectivity index (χ3v) is 4.02. The Morgan fingerprint density at radius 3 is 2.65 bits per heavy atom. The fraction of sp³-hybridized carbons (Fsp3) is 0.222. The molecule has 0 radical (unpaired) electrons. The van der Waals surface area contributed by atoms with Gasteiger partial charge in [-0.15, -0.1) is 0 Å². The second-order valence-corrected chi connectivity index (χ2v) is 5.83. The van der Waals surface area contributed by atoms with E-state index in [1.165, 1.54) is 6.20 Å². The van der Waals surface area contributed by atoms with Crippen molar-refractivity contribution in [2.45, 2.75) is 19.9 Å². The summed E-state index contributed by atoms with van der Waals surface area (Å²) in [6.07, 6.45) is 2.15. The fourth-order valence-electron chi connectivity index (χ4n) is 2.83. The van der Waals surface area contributed by atoms with E-state index in [-0.39, 0.29) is 18.1 Å². The van der Waals surface area contributed by atoms with Crippen LogP contribution in [0.5, 0.6) is 5.75 Å². The molecule has 134 valence electrons. The number of hydrogen-bond acceptors (Lipinski definition) is 6. The van der Waals surface area contributed by atoms with Crippen LogP contribution in [0, 0.1) is 10.1 Å². The van der Waals surface area contributed by atoms with E-state index < -0.39 is 16.2 Å². The van der Waals surface area contributed by atoms with Crippen molar-refractivity contribution >= 4 is 17.2 Å². The summed E-state index contributed by atoms with van der Waals surface area (Å²) in [5.74, 6) is 0.102. The molecule has 0 spiro atoms. The van der Waals surface area contributed by atoms with Crippen molar-refractivity contribution < 1.29 is 10.0 Å². The number of nitro groups is 1. The summed E-state index contributed by atoms with van der Waals surface area (Å²) in [5, 5.41) is 21.6. The molecule has 0 saturated heterocycles. The molecular formula is C18H18N4O4. The fourth-order valence-corrected chi connectivity index (χ4v) is 2.83. The minimum Gasteiger partial charge on any atom is -0.508 e. The number of fused-ring (bicyclic) bond motifs is 1. The van der Waals surface area contributed by atoms with Crippen molar-refractivity contribution in [1.29, 1.82) is 0 Å². The molecule has 0 aliphatic carbocycles. The third-order valence-electron chi connectivity index (χ3n) is 4.02. The maximum atomic E-state index is 12.6. The second kappa shape index (κ2) is 7.22. The van der Waals surface area contributed by atoms with Crippen molar-refractivity contribution in [3.05, 3.63) is 74.7 Å². The molecule has 0 saturated carbocycles. The van der Waals surface area contributed by atoms with Gasteiger partial charge in [-0.05, 0) is 24.6 Å². The number of phenols is 1. The van der Waals surface area contributed by atoms with Crippen LogP contribution in [0.2, 0.25) is 0 Å². The molecule has 2 heterocycles. The number of benzene rings is 1. The Morgan fingerprint density at radius 1 is 1.23 bits per heavy atom. The molecule has 0 unspecified atom stereocenters. The Bertz CT molecular complexity index is 1020. The van der Waals surface area contributed by atoms with Crippen molar-refractivity contribution in [3.63, 3.8) is 0 Å². The maximum absolute atomic E-state index is 12.6. The van der Waals surface area contributed by atoms with Crippen LogP contribution in [0.4, 0.5) is 11.5 Å². The van der Waals surface area contributed by atoms with Crippen LogP contribution in [0.3, 0.4) is 0 Å². The lowest BCUT2D eigenvalue weighted by Crippen LogP contribution is -2.29. The van der Waals surface area contributed by atoms with Crippen molar-refractivity contribution in [2.75, 3.05) is 11.4 Å². The molecule has 8 nitrogen and oxygen atoms in total. The zero-order chi connectivity index (χ0) is 18.7. The van der Waals surface area contributed by atoms with Crippen molar-refractivity contribution in [1.82, 2.24) is 9.38 Å². The van der Waals surface area contributed by atoms with E-state index in [4.69, 9.17) is 0 Å². The van der Waals surface area contributed by atoms with Gasteiger partial charge in [0.05, 0.1) is 4.92 Å². The first-order chi connectivity index (χ1) is 12.5. The number of hydrogen-bond donors (Lipinski definition) is 1. The van der Waals surface area contributed by atoms with Gasteiger partial charge in [0.1, 0.15) is 11.4 Å². The predicted octanol–water partition coefficient (Wildman–Crippen LogP) is 2.72. The first-order valence-corrected chi connectivity index (χ1v) is 8.20. The lowest BCUT2D eigenvalue weighted by Gasteiger charge is -2.23. The Hall–Kier alpha value is -3.42. The summed E-state index contributed by atoms with van der Waals surface area (Å²) < 4.78 is 1.16. The molecule has 0 bridgehead atoms. The molecule has 0 aliphatic rings. The van der Waals surface area contributed by atoms with E-state index in [2.05, 4.69) is 4.98 Å². The average Bonchev–Trinajstić information content (AvgIpc) is 2.62. The first-order valence-electron chi connectivity index (χ1n) is 8.20. The van der Waals surface area contributed by atoms with Crippen LogP contribution in [0.1, 0.15) is 18.9 Å². The van der Waals surface area contributed by atoms with Gasteiger partial charge >= 0.3 is 11.2 Å². The van der Waals surface area contributed by atoms with Gasteiger partial charge in [-0.3, -0.25) is 19.3 Å². The lowest BCUT2D eigenvalue weighted by atomic mass is 10.2. The van der Waals surface area contributed by atoms with Gasteiger partial charge in [0, 0.05) is 24.8 Å². The minimum atomic E-state index is -0.728. The highest BCUT2D eigenvalue weighted by atomic mass is 16.6. The van der Waals surface area contributed by atoms with E-state index in [1.54, 1.807) is 47.4 Å². The molecular weight excluding hydrogens is 336 g/mol. The Morgan fingerprint density at radius 2 is 1.96 bits per heavy atom. The Kier molecular flexibility index (Phi) is 4.83. The molecule has 0 amide bonds. The van der Waals surface area contributed by atoms with Gasteiger partial charge in [0.2, 0.25) is 5.82 Å². The van der Waals surface area contributed by atoms with Crippen LogP contribution in [0.15, 0.2) is 53.5 Å². The zero-order valence-corrected chi connectivity index (χ0v) is 14.2. The van der Waals surface area contributed by atoms with Crippen LogP contribution >= 0.6 is 0 Å². The zero-order valence-electron chi connectivity index (χ0n) is 14.2. The Labute approximate surface area is 149 Å². The molecule has 3 rings (SSSR count). The van der Waals surface area contributed by atoms with Crippen molar-refractivity contribution in [2.24, 2.45) is 0 Å². The van der Waals surface area contributed by atoms with Crippen LogP contribution in [-0.4, -0.2) is 26.0 Å². The highest BCUT2D eigenvalue weighted by molar-refractivity contribution is 5.61. The SMILES string of the molecule is CCCN(Cc1ccccc1O)c1nc2ccccn2c(=O)c1[N+](=O)[O-]. The van der Waals surface area contributed by atoms with Gasteiger partial charge in [-0.1, -0.05) is 31.2 Å². The molecule has 0 atom stereocenters. The largest absolute Gasteiger partial charge is 0.508 e. The number of para-hydroxylation sites is 1. The molecule has 26 heavy (non-hydrogen) atoms. The monoisotopic (exact) mass is 354 g/mol. The number of pyridine rings is 1. The van der Waals surface area contributed by atoms with E-state index in [1.807, 2.05) is 6.92 Å². The lowest BCUT2D eigenvalue weighted by molar-refractivity contribution is -0.385. The third kappa shape index (κ3) is 3.21. The summed E-state index contributed by atoms with van der Waals surface area (Å²) in [6, 6.07) is 11.7. The minimum absolute atomic E-state index is 0.0105. The predicted molar refractivity (Wildman–Crippen MR) is 97.6 cm³/mol. The summed E-state index contributed by atoms with van der Waals surface area (Å²) in [6.45, 7) is 2.58. The topological polar surface area (TPSA) is 101 Å². The smallest absolute Gasteiger partial charge is 0.376 e. The van der Waals surface area contributed by atoms with Crippen LogP contribution < -0.4 is 10.5 Å². The second-order valence-electron chi connectivity index (χ2n) is 5.83. The highest BCUT2D eigenvalue weighted by Crippen LogP contribution is 2.27. The first kappa shape index (κ1) is 17.4. The van der Waals surface area contributed by atoms with E-state index in [0.29, 0.717) is 24.2 Å². The molecule has 0 aliphatic heterocycles. The van der Waals surface area contributed by atoms with Gasteiger partial charge in [-0.2, -0.15) is 0 Å². The van der Waals surface area contributed by atoms with E-state index in [9.17, 15) is 20.0 Å². The number of anilines is 1. The highest BCUT2D eigenvalue weighted by Gasteiger charge is 2.27. The molecule has 0 fully saturated rings. The van der Waals surface area contributed by atoms with Gasteiger partial charge in [0.25, 0.3) is 0 Å². The quantitative estimate of drug-likeness (QED) is 0.539. The number of nitrogens with zero attached hydrogens (tertiary/aromatic N) is 4. The average molecular weight is 354 g/mol. The Balaban J connectivity index is 2.18. The number of rotatable bonds is 6. The van der Waals surface area contributed by atoms with Gasteiger partial charge < -0.3 is 10.0 Å². The van der Waals surface area contributed by atoms with Crippen molar-refractivity contribution in [3.8, 4) is 5.75 Å². The molecule has 2 aromatic heterocycles. The van der Waals surface area contributed by atoms with Crippen LogP contribution in [-0.2, 0) is 6.54 Å². The standard InChI is InChI=1S/C18H18N4O4/c1-2-10-20(12-13-7-3-4-8-14(13)23)17-16(22(25)26)18(24)21-11-6-5-9-15(21)19-17/h3-9,11,23H,2,10,12H2,1H3. The van der Waals surface area contributed by atoms with E-state index in [0.717, 1.165) is 4.40 Å². The molecule has 3 aromatic rings. The molecule has 8 heteroatoms. The van der Waals surface area contributed by atoms with Crippen LogP contribution in [0.25, 0.3) is 5.65 Å². The molecule has 1 N–H and O–H groups in total.